The molecule has 4 unspecified atom stereocenters. The molecule has 4 nitrogen and oxygen atoms in total. The van der Waals surface area contributed by atoms with Gasteiger partial charge in [-0.15, -0.1) is 0 Å². The van der Waals surface area contributed by atoms with Gasteiger partial charge < -0.3 is 10.4 Å². The zero-order valence-electron chi connectivity index (χ0n) is 10.2. The van der Waals surface area contributed by atoms with E-state index in [1.54, 1.807) is 12.4 Å². The molecule has 0 spiro atoms. The maximum Gasteiger partial charge on any atom is 0.308 e. The maximum atomic E-state index is 11.4. The van der Waals surface area contributed by atoms with Crippen LogP contribution in [-0.2, 0) is 11.3 Å². The lowest BCUT2D eigenvalue weighted by molar-refractivity contribution is -0.144. The molecular weight excluding hydrogens is 228 g/mol. The van der Waals surface area contributed by atoms with Gasteiger partial charge in [0.05, 0.1) is 5.92 Å². The van der Waals surface area contributed by atoms with Crippen LogP contribution in [0.3, 0.4) is 0 Å². The average molecular weight is 246 g/mol. The molecule has 2 aliphatic carbocycles. The number of pyridine rings is 1. The average Bonchev–Trinajstić information content (AvgIpc) is 2.97. The zero-order valence-corrected chi connectivity index (χ0v) is 10.2. The summed E-state index contributed by atoms with van der Waals surface area (Å²) in [5, 5.41) is 12.8. The molecule has 1 aromatic heterocycles. The van der Waals surface area contributed by atoms with Crippen LogP contribution in [0.25, 0.3) is 0 Å². The summed E-state index contributed by atoms with van der Waals surface area (Å²) in [4.78, 5) is 15.3. The highest BCUT2D eigenvalue weighted by Crippen LogP contribution is 2.48. The van der Waals surface area contributed by atoms with Gasteiger partial charge in [0, 0.05) is 25.0 Å². The predicted molar refractivity (Wildman–Crippen MR) is 66.8 cm³/mol. The van der Waals surface area contributed by atoms with E-state index < -0.39 is 5.97 Å². The van der Waals surface area contributed by atoms with Crippen LogP contribution in [0.5, 0.6) is 0 Å². The molecule has 1 aromatic rings. The molecule has 2 saturated carbocycles. The third-order valence-corrected chi connectivity index (χ3v) is 4.49. The molecule has 0 aromatic carbocycles. The van der Waals surface area contributed by atoms with Gasteiger partial charge in [-0.3, -0.25) is 9.78 Å². The van der Waals surface area contributed by atoms with Gasteiger partial charge >= 0.3 is 5.97 Å². The Morgan fingerprint density at radius 1 is 1.33 bits per heavy atom. The highest BCUT2D eigenvalue weighted by atomic mass is 16.4. The van der Waals surface area contributed by atoms with Crippen LogP contribution in [0.1, 0.15) is 24.8 Å². The molecule has 2 aliphatic rings. The third-order valence-electron chi connectivity index (χ3n) is 4.49. The highest BCUT2D eigenvalue weighted by molar-refractivity contribution is 5.72. The fraction of sp³-hybridized carbons (Fsp3) is 0.571. The fourth-order valence-electron chi connectivity index (χ4n) is 3.68. The van der Waals surface area contributed by atoms with Crippen LogP contribution in [0.15, 0.2) is 24.5 Å². The van der Waals surface area contributed by atoms with Crippen molar-refractivity contribution >= 4 is 5.97 Å². The standard InChI is InChI=1S/C14H18N2O2/c17-14(18)12-10-1-2-11(7-10)13(12)16-8-9-3-5-15-6-4-9/h3-6,10-13,16H,1-2,7-8H2,(H,17,18). The summed E-state index contributed by atoms with van der Waals surface area (Å²) in [5.74, 6) is 0.125. The fourth-order valence-corrected chi connectivity index (χ4v) is 3.68. The molecule has 4 heteroatoms. The molecular formula is C14H18N2O2. The number of fused-ring (bicyclic) bond motifs is 2. The molecule has 3 rings (SSSR count). The van der Waals surface area contributed by atoms with Crippen LogP contribution >= 0.6 is 0 Å². The Morgan fingerprint density at radius 2 is 2.06 bits per heavy atom. The number of hydrogen-bond acceptors (Lipinski definition) is 3. The second kappa shape index (κ2) is 4.69. The Hall–Kier alpha value is -1.42. The van der Waals surface area contributed by atoms with Crippen molar-refractivity contribution in [2.24, 2.45) is 17.8 Å². The summed E-state index contributed by atoms with van der Waals surface area (Å²) in [6.07, 6.45) is 6.90. The van der Waals surface area contributed by atoms with Crippen LogP contribution in [0.2, 0.25) is 0 Å². The summed E-state index contributed by atoms with van der Waals surface area (Å²) in [6, 6.07) is 4.08. The van der Waals surface area contributed by atoms with Crippen molar-refractivity contribution < 1.29 is 9.90 Å². The molecule has 2 bridgehead atoms. The van der Waals surface area contributed by atoms with Crippen LogP contribution in [0, 0.1) is 17.8 Å². The molecule has 0 saturated heterocycles. The van der Waals surface area contributed by atoms with E-state index in [0.717, 1.165) is 24.9 Å². The van der Waals surface area contributed by atoms with Crippen molar-refractivity contribution in [2.75, 3.05) is 0 Å². The number of carboxylic acids is 1. The quantitative estimate of drug-likeness (QED) is 0.848. The van der Waals surface area contributed by atoms with E-state index in [-0.39, 0.29) is 12.0 Å². The van der Waals surface area contributed by atoms with Gasteiger partial charge in [-0.1, -0.05) is 0 Å². The second-order valence-corrected chi connectivity index (χ2v) is 5.46. The number of aliphatic carboxylic acids is 1. The van der Waals surface area contributed by atoms with Crippen molar-refractivity contribution in [3.63, 3.8) is 0 Å². The van der Waals surface area contributed by atoms with Crippen molar-refractivity contribution in [3.05, 3.63) is 30.1 Å². The van der Waals surface area contributed by atoms with Gasteiger partial charge in [-0.2, -0.15) is 0 Å². The first-order chi connectivity index (χ1) is 8.75. The molecule has 2 N–H and O–H groups in total. The van der Waals surface area contributed by atoms with E-state index in [0.29, 0.717) is 11.8 Å². The molecule has 0 radical (unpaired) electrons. The molecule has 1 heterocycles. The lowest BCUT2D eigenvalue weighted by atomic mass is 9.84. The van der Waals surface area contributed by atoms with E-state index in [1.165, 1.54) is 6.42 Å². The van der Waals surface area contributed by atoms with Crippen molar-refractivity contribution in [1.29, 1.82) is 0 Å². The lowest BCUT2D eigenvalue weighted by Gasteiger charge is -2.29. The molecule has 18 heavy (non-hydrogen) atoms. The molecule has 4 atom stereocenters. The molecule has 96 valence electrons. The van der Waals surface area contributed by atoms with Crippen LogP contribution < -0.4 is 5.32 Å². The minimum atomic E-state index is -0.630. The first kappa shape index (κ1) is 11.7. The third kappa shape index (κ3) is 2.01. The van der Waals surface area contributed by atoms with Gasteiger partial charge in [0.1, 0.15) is 0 Å². The molecule has 0 amide bonds. The Labute approximate surface area is 106 Å². The maximum absolute atomic E-state index is 11.4. The van der Waals surface area contributed by atoms with Gasteiger partial charge in [-0.25, -0.2) is 0 Å². The SMILES string of the molecule is O=C(O)C1C2CCC(C2)C1NCc1ccncc1. The van der Waals surface area contributed by atoms with Crippen LogP contribution in [0.4, 0.5) is 0 Å². The smallest absolute Gasteiger partial charge is 0.308 e. The minimum absolute atomic E-state index is 0.148. The number of rotatable bonds is 4. The lowest BCUT2D eigenvalue weighted by Crippen LogP contribution is -2.43. The van der Waals surface area contributed by atoms with Crippen molar-refractivity contribution in [3.8, 4) is 0 Å². The normalized spacial score (nSPS) is 33.8. The number of nitrogens with one attached hydrogen (secondary N) is 1. The molecule has 0 aliphatic heterocycles. The second-order valence-electron chi connectivity index (χ2n) is 5.46. The first-order valence-electron chi connectivity index (χ1n) is 6.61. The Kier molecular flexibility index (Phi) is 3.04. The van der Waals surface area contributed by atoms with E-state index in [2.05, 4.69) is 10.3 Å². The van der Waals surface area contributed by atoms with E-state index in [4.69, 9.17) is 0 Å². The largest absolute Gasteiger partial charge is 0.481 e. The van der Waals surface area contributed by atoms with Gasteiger partial charge in [0.15, 0.2) is 0 Å². The van der Waals surface area contributed by atoms with Crippen LogP contribution in [-0.4, -0.2) is 22.1 Å². The van der Waals surface area contributed by atoms with E-state index in [1.807, 2.05) is 12.1 Å². The summed E-state index contributed by atoms with van der Waals surface area (Å²) in [7, 11) is 0. The summed E-state index contributed by atoms with van der Waals surface area (Å²) < 4.78 is 0. The first-order valence-corrected chi connectivity index (χ1v) is 6.61. The van der Waals surface area contributed by atoms with Crippen molar-refractivity contribution in [1.82, 2.24) is 10.3 Å². The Balaban J connectivity index is 1.66. The van der Waals surface area contributed by atoms with Gasteiger partial charge in [-0.05, 0) is 48.8 Å². The number of carboxylic acid groups (broad SMARTS) is 1. The Morgan fingerprint density at radius 3 is 2.78 bits per heavy atom. The summed E-state index contributed by atoms with van der Waals surface area (Å²) in [5.41, 5.74) is 1.16. The molecule has 2 fully saturated rings. The highest BCUT2D eigenvalue weighted by Gasteiger charge is 2.50. The van der Waals surface area contributed by atoms with Gasteiger partial charge in [0.2, 0.25) is 0 Å². The topological polar surface area (TPSA) is 62.2 Å². The Bertz CT molecular complexity index is 435. The number of nitrogens with zero attached hydrogens (tertiary/aromatic N) is 1. The van der Waals surface area contributed by atoms with Gasteiger partial charge in [0.25, 0.3) is 0 Å². The zero-order chi connectivity index (χ0) is 12.5. The minimum Gasteiger partial charge on any atom is -0.481 e. The number of hydrogen-bond donors (Lipinski definition) is 2. The monoisotopic (exact) mass is 246 g/mol. The number of aromatic nitrogens is 1. The summed E-state index contributed by atoms with van der Waals surface area (Å²) >= 11 is 0. The van der Waals surface area contributed by atoms with E-state index in [9.17, 15) is 9.90 Å². The van der Waals surface area contributed by atoms with E-state index >= 15 is 0 Å². The summed E-state index contributed by atoms with van der Waals surface area (Å²) in [6.45, 7) is 0.736. The predicted octanol–water partition coefficient (Wildman–Crippen LogP) is 1.67. The van der Waals surface area contributed by atoms with Crippen molar-refractivity contribution in [2.45, 2.75) is 31.8 Å². The number of carbonyl (C=O) groups is 1.